The van der Waals surface area contributed by atoms with Gasteiger partial charge < -0.3 is 10.2 Å². The number of amides is 2. The lowest BCUT2D eigenvalue weighted by Crippen LogP contribution is -2.51. The van der Waals surface area contributed by atoms with E-state index >= 15 is 0 Å². The number of carbonyl (C=O) groups excluding carboxylic acids is 2. The maximum absolute atomic E-state index is 13.3. The Balaban J connectivity index is 2.20. The molecule has 0 aromatic heterocycles. The van der Waals surface area contributed by atoms with Crippen LogP contribution in [0.1, 0.15) is 44.7 Å². The molecule has 2 rings (SSSR count). The quantitative estimate of drug-likeness (QED) is 0.367. The van der Waals surface area contributed by atoms with Crippen LogP contribution >= 0.6 is 46.6 Å². The van der Waals surface area contributed by atoms with Crippen molar-refractivity contribution in [2.24, 2.45) is 0 Å². The van der Waals surface area contributed by atoms with Gasteiger partial charge >= 0.3 is 0 Å². The fraction of sp³-hybridized carbons (Fsp3) is 0.417. The van der Waals surface area contributed by atoms with Gasteiger partial charge in [0.05, 0.1) is 5.75 Å². The van der Waals surface area contributed by atoms with Crippen molar-refractivity contribution in [2.45, 2.75) is 58.0 Å². The van der Waals surface area contributed by atoms with Gasteiger partial charge in [-0.1, -0.05) is 72.9 Å². The van der Waals surface area contributed by atoms with Crippen molar-refractivity contribution in [2.75, 3.05) is 5.75 Å². The summed E-state index contributed by atoms with van der Waals surface area (Å²) in [6.07, 6.45) is 1.31. The SMILES string of the molecule is CC[C@H](C(=O)N[C@@H](C)CC)N(Cc1ccc(Cl)cc1Cl)C(=O)CSCc1ccccc1Cl. The molecule has 0 aliphatic heterocycles. The number of nitrogens with one attached hydrogen (secondary N) is 1. The zero-order chi connectivity index (χ0) is 23.7. The number of rotatable bonds is 11. The van der Waals surface area contributed by atoms with Crippen LogP contribution in [0.3, 0.4) is 0 Å². The first kappa shape index (κ1) is 26.8. The van der Waals surface area contributed by atoms with Crippen LogP contribution in [0.4, 0.5) is 0 Å². The summed E-state index contributed by atoms with van der Waals surface area (Å²) < 4.78 is 0. The van der Waals surface area contributed by atoms with E-state index in [4.69, 9.17) is 34.8 Å². The van der Waals surface area contributed by atoms with Gasteiger partial charge in [0.2, 0.25) is 11.8 Å². The van der Waals surface area contributed by atoms with E-state index in [1.807, 2.05) is 45.0 Å². The summed E-state index contributed by atoms with van der Waals surface area (Å²) in [5.74, 6) is 0.552. The van der Waals surface area contributed by atoms with Crippen molar-refractivity contribution in [1.29, 1.82) is 0 Å². The molecule has 0 bridgehead atoms. The molecular weight excluding hydrogens is 487 g/mol. The first-order valence-corrected chi connectivity index (χ1v) is 12.9. The Morgan fingerprint density at radius 1 is 1.00 bits per heavy atom. The molecule has 32 heavy (non-hydrogen) atoms. The van der Waals surface area contributed by atoms with E-state index in [2.05, 4.69) is 5.32 Å². The maximum Gasteiger partial charge on any atom is 0.243 e. The van der Waals surface area contributed by atoms with Gasteiger partial charge in [-0.05, 0) is 49.1 Å². The monoisotopic (exact) mass is 514 g/mol. The lowest BCUT2D eigenvalue weighted by Gasteiger charge is -2.31. The van der Waals surface area contributed by atoms with Crippen LogP contribution in [-0.4, -0.2) is 34.6 Å². The van der Waals surface area contributed by atoms with Gasteiger partial charge in [-0.25, -0.2) is 0 Å². The number of hydrogen-bond donors (Lipinski definition) is 1. The minimum atomic E-state index is -0.593. The maximum atomic E-state index is 13.3. The molecule has 0 fully saturated rings. The molecule has 1 N–H and O–H groups in total. The minimum absolute atomic E-state index is 0.0298. The molecule has 174 valence electrons. The Bertz CT molecular complexity index is 926. The van der Waals surface area contributed by atoms with Gasteiger partial charge in [0.1, 0.15) is 6.04 Å². The van der Waals surface area contributed by atoms with Crippen LogP contribution < -0.4 is 5.32 Å². The van der Waals surface area contributed by atoms with Crippen molar-refractivity contribution >= 4 is 58.4 Å². The topological polar surface area (TPSA) is 49.4 Å². The molecule has 0 saturated heterocycles. The highest BCUT2D eigenvalue weighted by Gasteiger charge is 2.29. The third kappa shape index (κ3) is 7.87. The van der Waals surface area contributed by atoms with E-state index in [0.717, 1.165) is 17.5 Å². The fourth-order valence-electron chi connectivity index (χ4n) is 3.14. The molecule has 0 saturated carbocycles. The number of hydrogen-bond acceptors (Lipinski definition) is 3. The van der Waals surface area contributed by atoms with E-state index in [1.54, 1.807) is 23.1 Å². The summed E-state index contributed by atoms with van der Waals surface area (Å²) in [5, 5.41) is 4.67. The fourth-order valence-corrected chi connectivity index (χ4v) is 4.80. The summed E-state index contributed by atoms with van der Waals surface area (Å²) in [4.78, 5) is 27.9. The Kier molecular flexibility index (Phi) is 11.2. The van der Waals surface area contributed by atoms with Gasteiger partial charge in [0.25, 0.3) is 0 Å². The molecule has 8 heteroatoms. The van der Waals surface area contributed by atoms with E-state index in [-0.39, 0.29) is 30.2 Å². The summed E-state index contributed by atoms with van der Waals surface area (Å²) >= 11 is 20.1. The number of nitrogens with zero attached hydrogens (tertiary/aromatic N) is 1. The van der Waals surface area contributed by atoms with Crippen molar-refractivity contribution in [1.82, 2.24) is 10.2 Å². The molecule has 2 amide bonds. The molecule has 0 heterocycles. The average molecular weight is 516 g/mol. The average Bonchev–Trinajstić information content (AvgIpc) is 2.76. The van der Waals surface area contributed by atoms with Gasteiger partial charge in [0, 0.05) is 33.4 Å². The Labute approximate surface area is 210 Å². The van der Waals surface area contributed by atoms with Crippen LogP contribution in [0.15, 0.2) is 42.5 Å². The smallest absolute Gasteiger partial charge is 0.243 e. The standard InChI is InChI=1S/C24H29Cl3N2O2S/c1-4-16(3)28-24(31)22(5-2)29(13-17-10-11-19(25)12-21(17)27)23(30)15-32-14-18-8-6-7-9-20(18)26/h6-12,16,22H,4-5,13-15H2,1-3H3,(H,28,31)/t16-,22+/m0/s1. The van der Waals surface area contributed by atoms with Gasteiger partial charge in [-0.2, -0.15) is 0 Å². The predicted octanol–water partition coefficient (Wildman–Crippen LogP) is 6.60. The molecule has 0 aliphatic rings. The Hall–Kier alpha value is -1.40. The molecule has 0 unspecified atom stereocenters. The molecule has 0 aliphatic carbocycles. The lowest BCUT2D eigenvalue weighted by molar-refractivity contribution is -0.139. The number of carbonyl (C=O) groups is 2. The molecule has 0 spiro atoms. The lowest BCUT2D eigenvalue weighted by atomic mass is 10.1. The third-order valence-corrected chi connectivity index (χ3v) is 7.11. The number of thioether (sulfide) groups is 1. The van der Waals surface area contributed by atoms with Crippen molar-refractivity contribution in [3.63, 3.8) is 0 Å². The molecule has 0 radical (unpaired) electrons. The van der Waals surface area contributed by atoms with E-state index in [0.29, 0.717) is 27.2 Å². The van der Waals surface area contributed by atoms with Crippen LogP contribution in [0.5, 0.6) is 0 Å². The summed E-state index contributed by atoms with van der Waals surface area (Å²) in [6, 6.07) is 12.2. The minimum Gasteiger partial charge on any atom is -0.352 e. The predicted molar refractivity (Wildman–Crippen MR) is 137 cm³/mol. The van der Waals surface area contributed by atoms with E-state index < -0.39 is 6.04 Å². The normalized spacial score (nSPS) is 12.8. The Morgan fingerprint density at radius 3 is 2.34 bits per heavy atom. The first-order chi connectivity index (χ1) is 15.3. The number of benzene rings is 2. The molecule has 2 aromatic rings. The van der Waals surface area contributed by atoms with Crippen LogP contribution in [0.2, 0.25) is 15.1 Å². The van der Waals surface area contributed by atoms with Gasteiger partial charge in [-0.3, -0.25) is 9.59 Å². The van der Waals surface area contributed by atoms with Crippen LogP contribution in [-0.2, 0) is 21.9 Å². The third-order valence-electron chi connectivity index (χ3n) is 5.18. The van der Waals surface area contributed by atoms with Crippen molar-refractivity contribution < 1.29 is 9.59 Å². The summed E-state index contributed by atoms with van der Waals surface area (Å²) in [6.45, 7) is 6.09. The second-order valence-corrected chi connectivity index (χ2v) is 9.82. The molecule has 2 aromatic carbocycles. The zero-order valence-corrected chi connectivity index (χ0v) is 21.6. The van der Waals surface area contributed by atoms with Gasteiger partial charge in [-0.15, -0.1) is 11.8 Å². The highest BCUT2D eigenvalue weighted by molar-refractivity contribution is 7.99. The Morgan fingerprint density at radius 2 is 1.72 bits per heavy atom. The molecule has 4 nitrogen and oxygen atoms in total. The summed E-state index contributed by atoms with van der Waals surface area (Å²) in [5.41, 5.74) is 1.72. The number of halogens is 3. The summed E-state index contributed by atoms with van der Waals surface area (Å²) in [7, 11) is 0. The first-order valence-electron chi connectivity index (χ1n) is 10.6. The van der Waals surface area contributed by atoms with Crippen molar-refractivity contribution in [3.05, 3.63) is 68.7 Å². The molecule has 2 atom stereocenters. The van der Waals surface area contributed by atoms with Crippen LogP contribution in [0.25, 0.3) is 0 Å². The van der Waals surface area contributed by atoms with E-state index in [9.17, 15) is 9.59 Å². The van der Waals surface area contributed by atoms with E-state index in [1.165, 1.54) is 11.8 Å². The van der Waals surface area contributed by atoms with Crippen molar-refractivity contribution in [3.8, 4) is 0 Å². The highest BCUT2D eigenvalue weighted by Crippen LogP contribution is 2.25. The second-order valence-electron chi connectivity index (χ2n) is 7.58. The largest absolute Gasteiger partial charge is 0.352 e. The van der Waals surface area contributed by atoms with Crippen LogP contribution in [0, 0.1) is 0 Å². The molecular formula is C24H29Cl3N2O2S. The highest BCUT2D eigenvalue weighted by atomic mass is 35.5. The van der Waals surface area contributed by atoms with Gasteiger partial charge in [0.15, 0.2) is 0 Å². The zero-order valence-electron chi connectivity index (χ0n) is 18.5. The second kappa shape index (κ2) is 13.3.